The molecule has 68 valence electrons. The molecule has 1 aromatic carbocycles. The molecular formula is C9H8BrNOS. The fourth-order valence-electron chi connectivity index (χ4n) is 1.31. The summed E-state index contributed by atoms with van der Waals surface area (Å²) in [5.74, 6) is 0. The van der Waals surface area contributed by atoms with Gasteiger partial charge in [-0.25, -0.2) is 0 Å². The average molecular weight is 258 g/mol. The molecule has 0 radical (unpaired) electrons. The number of thiophene rings is 1. The first-order valence-electron chi connectivity index (χ1n) is 3.79. The van der Waals surface area contributed by atoms with Crippen molar-refractivity contribution in [1.82, 2.24) is 0 Å². The van der Waals surface area contributed by atoms with Crippen molar-refractivity contribution in [2.75, 3.05) is 5.73 Å². The molecule has 2 nitrogen and oxygen atoms in total. The van der Waals surface area contributed by atoms with Crippen molar-refractivity contribution in [2.45, 2.75) is 6.61 Å². The molecule has 0 saturated carbocycles. The van der Waals surface area contributed by atoms with Crippen LogP contribution in [0.25, 0.3) is 10.1 Å². The van der Waals surface area contributed by atoms with E-state index in [-0.39, 0.29) is 6.61 Å². The normalized spacial score (nSPS) is 10.9. The summed E-state index contributed by atoms with van der Waals surface area (Å²) in [5.41, 5.74) is 7.39. The molecule has 4 heteroatoms. The number of aliphatic hydroxyl groups excluding tert-OH is 1. The highest BCUT2D eigenvalue weighted by atomic mass is 79.9. The van der Waals surface area contributed by atoms with Crippen molar-refractivity contribution in [3.8, 4) is 0 Å². The van der Waals surface area contributed by atoms with Gasteiger partial charge in [0.05, 0.1) is 11.3 Å². The van der Waals surface area contributed by atoms with Crippen molar-refractivity contribution >= 4 is 43.0 Å². The largest absolute Gasteiger partial charge is 0.398 e. The number of anilines is 1. The Morgan fingerprint density at radius 1 is 1.54 bits per heavy atom. The van der Waals surface area contributed by atoms with Crippen LogP contribution in [-0.4, -0.2) is 5.11 Å². The van der Waals surface area contributed by atoms with Crippen LogP contribution in [-0.2, 0) is 6.61 Å². The van der Waals surface area contributed by atoms with E-state index in [0.717, 1.165) is 25.8 Å². The first-order valence-corrected chi connectivity index (χ1v) is 5.46. The van der Waals surface area contributed by atoms with Gasteiger partial charge < -0.3 is 10.8 Å². The number of halogens is 1. The van der Waals surface area contributed by atoms with Crippen molar-refractivity contribution in [2.24, 2.45) is 0 Å². The maximum Gasteiger partial charge on any atom is 0.0693 e. The molecule has 0 aliphatic carbocycles. The second-order valence-corrected chi connectivity index (χ2v) is 4.47. The number of aliphatic hydroxyl groups is 1. The van der Waals surface area contributed by atoms with Gasteiger partial charge in [0.25, 0.3) is 0 Å². The molecule has 1 aromatic heterocycles. The van der Waals surface area contributed by atoms with E-state index >= 15 is 0 Å². The fraction of sp³-hybridized carbons (Fsp3) is 0.111. The Labute approximate surface area is 88.1 Å². The summed E-state index contributed by atoms with van der Waals surface area (Å²) in [5, 5.41) is 12.1. The number of rotatable bonds is 1. The van der Waals surface area contributed by atoms with E-state index in [4.69, 9.17) is 10.8 Å². The van der Waals surface area contributed by atoms with Gasteiger partial charge in [-0.05, 0) is 39.0 Å². The van der Waals surface area contributed by atoms with Gasteiger partial charge in [-0.2, -0.15) is 0 Å². The molecule has 0 fully saturated rings. The lowest BCUT2D eigenvalue weighted by Crippen LogP contribution is -1.91. The van der Waals surface area contributed by atoms with Crippen LogP contribution in [0.5, 0.6) is 0 Å². The van der Waals surface area contributed by atoms with Gasteiger partial charge in [0.1, 0.15) is 0 Å². The summed E-state index contributed by atoms with van der Waals surface area (Å²) in [4.78, 5) is 0. The quantitative estimate of drug-likeness (QED) is 0.772. The lowest BCUT2D eigenvalue weighted by atomic mass is 10.1. The van der Waals surface area contributed by atoms with E-state index in [1.165, 1.54) is 0 Å². The smallest absolute Gasteiger partial charge is 0.0693 e. The summed E-state index contributed by atoms with van der Waals surface area (Å²) in [7, 11) is 0. The molecular weight excluding hydrogens is 250 g/mol. The highest BCUT2D eigenvalue weighted by Gasteiger charge is 2.08. The lowest BCUT2D eigenvalue weighted by molar-refractivity contribution is 0.281. The highest BCUT2D eigenvalue weighted by molar-refractivity contribution is 9.10. The predicted octanol–water partition coefficient (Wildman–Crippen LogP) is 2.74. The maximum atomic E-state index is 9.06. The minimum absolute atomic E-state index is 0.0105. The van der Waals surface area contributed by atoms with Gasteiger partial charge in [0, 0.05) is 15.5 Å². The Kier molecular flexibility index (Phi) is 2.27. The standard InChI is InChI=1S/C9H8BrNOS/c10-8-5(4-12)3-7(11)9-6(8)1-2-13-9/h1-3,12H,4,11H2. The molecule has 0 unspecified atom stereocenters. The van der Waals surface area contributed by atoms with Gasteiger partial charge in [0.15, 0.2) is 0 Å². The number of hydrogen-bond acceptors (Lipinski definition) is 3. The molecule has 1 heterocycles. The molecule has 0 saturated heterocycles. The van der Waals surface area contributed by atoms with Crippen molar-refractivity contribution in [3.63, 3.8) is 0 Å². The van der Waals surface area contributed by atoms with E-state index in [2.05, 4.69) is 15.9 Å². The summed E-state index contributed by atoms with van der Waals surface area (Å²) >= 11 is 5.06. The molecule has 3 N–H and O–H groups in total. The highest BCUT2D eigenvalue weighted by Crippen LogP contribution is 2.35. The minimum Gasteiger partial charge on any atom is -0.398 e. The van der Waals surface area contributed by atoms with Crippen LogP contribution >= 0.6 is 27.3 Å². The molecule has 0 amide bonds. The Morgan fingerprint density at radius 3 is 3.00 bits per heavy atom. The number of nitrogens with two attached hydrogens (primary N) is 1. The number of hydrogen-bond donors (Lipinski definition) is 2. The zero-order valence-electron chi connectivity index (χ0n) is 6.75. The van der Waals surface area contributed by atoms with Gasteiger partial charge >= 0.3 is 0 Å². The molecule has 2 aromatic rings. The summed E-state index contributed by atoms with van der Waals surface area (Å²) in [6, 6.07) is 3.81. The molecule has 0 bridgehead atoms. The van der Waals surface area contributed by atoms with Gasteiger partial charge in [0.2, 0.25) is 0 Å². The van der Waals surface area contributed by atoms with Gasteiger partial charge in [-0.1, -0.05) is 0 Å². The third-order valence-corrected chi connectivity index (χ3v) is 3.85. The Bertz CT molecular complexity index is 452. The first-order chi connectivity index (χ1) is 6.24. The Hall–Kier alpha value is -0.580. The van der Waals surface area contributed by atoms with Gasteiger partial charge in [-0.3, -0.25) is 0 Å². The summed E-state index contributed by atoms with van der Waals surface area (Å²) < 4.78 is 2.02. The number of fused-ring (bicyclic) bond motifs is 1. The van der Waals surface area contributed by atoms with Crippen LogP contribution in [0, 0.1) is 0 Å². The van der Waals surface area contributed by atoms with Gasteiger partial charge in [-0.15, -0.1) is 11.3 Å². The third-order valence-electron chi connectivity index (χ3n) is 1.95. The summed E-state index contributed by atoms with van der Waals surface area (Å²) in [6.07, 6.45) is 0. The van der Waals surface area contributed by atoms with E-state index in [0.29, 0.717) is 0 Å². The molecule has 0 atom stereocenters. The molecule has 2 rings (SSSR count). The van der Waals surface area contributed by atoms with E-state index in [1.807, 2.05) is 17.5 Å². The van der Waals surface area contributed by atoms with E-state index in [1.54, 1.807) is 11.3 Å². The van der Waals surface area contributed by atoms with Crippen LogP contribution in [0.1, 0.15) is 5.56 Å². The zero-order chi connectivity index (χ0) is 9.42. The SMILES string of the molecule is Nc1cc(CO)c(Br)c2ccsc12. The molecule has 0 spiro atoms. The molecule has 13 heavy (non-hydrogen) atoms. The van der Waals surface area contributed by atoms with Crippen molar-refractivity contribution < 1.29 is 5.11 Å². The van der Waals surface area contributed by atoms with Crippen LogP contribution in [0.2, 0.25) is 0 Å². The van der Waals surface area contributed by atoms with Crippen LogP contribution in [0.15, 0.2) is 22.0 Å². The second-order valence-electron chi connectivity index (χ2n) is 2.76. The second kappa shape index (κ2) is 3.29. The predicted molar refractivity (Wildman–Crippen MR) is 59.9 cm³/mol. The third kappa shape index (κ3) is 1.35. The zero-order valence-corrected chi connectivity index (χ0v) is 9.15. The number of benzene rings is 1. The number of nitrogen functional groups attached to an aromatic ring is 1. The van der Waals surface area contributed by atoms with Crippen LogP contribution in [0.3, 0.4) is 0 Å². The van der Waals surface area contributed by atoms with Crippen LogP contribution in [0.4, 0.5) is 5.69 Å². The molecule has 0 aliphatic rings. The fourth-order valence-corrected chi connectivity index (χ4v) is 2.84. The van der Waals surface area contributed by atoms with Crippen molar-refractivity contribution in [1.29, 1.82) is 0 Å². The topological polar surface area (TPSA) is 46.2 Å². The molecule has 0 aliphatic heterocycles. The lowest BCUT2D eigenvalue weighted by Gasteiger charge is -2.04. The first kappa shape index (κ1) is 8.99. The monoisotopic (exact) mass is 257 g/mol. The van der Waals surface area contributed by atoms with Crippen molar-refractivity contribution in [3.05, 3.63) is 27.5 Å². The maximum absolute atomic E-state index is 9.06. The van der Waals surface area contributed by atoms with Crippen LogP contribution < -0.4 is 5.73 Å². The van der Waals surface area contributed by atoms with E-state index in [9.17, 15) is 0 Å². The van der Waals surface area contributed by atoms with E-state index < -0.39 is 0 Å². The minimum atomic E-state index is 0.0105. The Balaban J connectivity index is 2.85. The Morgan fingerprint density at radius 2 is 2.31 bits per heavy atom. The summed E-state index contributed by atoms with van der Waals surface area (Å²) in [6.45, 7) is 0.0105. The average Bonchev–Trinajstić information content (AvgIpc) is 2.60.